The third-order valence-corrected chi connectivity index (χ3v) is 5.17. The highest BCUT2D eigenvalue weighted by atomic mass is 32.2. The van der Waals surface area contributed by atoms with E-state index in [2.05, 4.69) is 10.6 Å². The van der Waals surface area contributed by atoms with Crippen molar-refractivity contribution in [2.45, 2.75) is 13.8 Å². The fourth-order valence-electron chi connectivity index (χ4n) is 2.80. The SMILES string of the molecule is Cc1ccc(NC(=O)CSCC(=O)Nc2ccc(Oc3ccccc3)cc2)c(C)c1. The van der Waals surface area contributed by atoms with E-state index in [0.29, 0.717) is 11.4 Å². The summed E-state index contributed by atoms with van der Waals surface area (Å²) in [6, 6.07) is 22.5. The zero-order valence-electron chi connectivity index (χ0n) is 17.0. The van der Waals surface area contributed by atoms with Crippen LogP contribution in [-0.2, 0) is 9.59 Å². The third kappa shape index (κ3) is 6.67. The molecule has 0 atom stereocenters. The smallest absolute Gasteiger partial charge is 0.234 e. The summed E-state index contributed by atoms with van der Waals surface area (Å²) in [5.41, 5.74) is 3.65. The van der Waals surface area contributed by atoms with Gasteiger partial charge in [-0.25, -0.2) is 0 Å². The van der Waals surface area contributed by atoms with E-state index in [4.69, 9.17) is 4.74 Å². The van der Waals surface area contributed by atoms with E-state index in [1.165, 1.54) is 11.8 Å². The molecule has 0 unspecified atom stereocenters. The zero-order valence-corrected chi connectivity index (χ0v) is 17.8. The van der Waals surface area contributed by atoms with Gasteiger partial charge < -0.3 is 15.4 Å². The molecule has 0 fully saturated rings. The van der Waals surface area contributed by atoms with Gasteiger partial charge in [-0.15, -0.1) is 11.8 Å². The number of nitrogens with one attached hydrogen (secondary N) is 2. The Morgan fingerprint density at radius 1 is 0.800 bits per heavy atom. The van der Waals surface area contributed by atoms with Crippen LogP contribution in [0.25, 0.3) is 0 Å². The Hall–Kier alpha value is -3.25. The lowest BCUT2D eigenvalue weighted by Crippen LogP contribution is -2.18. The number of carbonyl (C=O) groups is 2. The Morgan fingerprint density at radius 3 is 2.10 bits per heavy atom. The fourth-order valence-corrected chi connectivity index (χ4v) is 3.42. The van der Waals surface area contributed by atoms with E-state index in [0.717, 1.165) is 22.6 Å². The van der Waals surface area contributed by atoms with Crippen molar-refractivity contribution in [1.29, 1.82) is 0 Å². The van der Waals surface area contributed by atoms with Gasteiger partial charge in [-0.05, 0) is 61.9 Å². The van der Waals surface area contributed by atoms with Crippen molar-refractivity contribution in [2.75, 3.05) is 22.1 Å². The van der Waals surface area contributed by atoms with Crippen molar-refractivity contribution in [3.63, 3.8) is 0 Å². The second-order valence-electron chi connectivity index (χ2n) is 6.85. The first-order chi connectivity index (χ1) is 14.5. The summed E-state index contributed by atoms with van der Waals surface area (Å²) < 4.78 is 5.73. The highest BCUT2D eigenvalue weighted by molar-refractivity contribution is 8.00. The molecular weight excluding hydrogens is 396 g/mol. The Bertz CT molecular complexity index is 1000. The molecule has 154 valence electrons. The van der Waals surface area contributed by atoms with Crippen molar-refractivity contribution in [3.8, 4) is 11.5 Å². The Labute approximate surface area is 180 Å². The predicted molar refractivity (Wildman–Crippen MR) is 123 cm³/mol. The van der Waals surface area contributed by atoms with Crippen LogP contribution >= 0.6 is 11.8 Å². The van der Waals surface area contributed by atoms with Gasteiger partial charge >= 0.3 is 0 Å². The molecule has 0 spiro atoms. The van der Waals surface area contributed by atoms with Gasteiger partial charge in [0, 0.05) is 11.4 Å². The quantitative estimate of drug-likeness (QED) is 0.512. The number of carbonyl (C=O) groups excluding carboxylic acids is 2. The van der Waals surface area contributed by atoms with Gasteiger partial charge in [0.1, 0.15) is 11.5 Å². The highest BCUT2D eigenvalue weighted by Crippen LogP contribution is 2.22. The maximum absolute atomic E-state index is 12.1. The summed E-state index contributed by atoms with van der Waals surface area (Å²) in [7, 11) is 0. The van der Waals surface area contributed by atoms with Crippen molar-refractivity contribution in [1.82, 2.24) is 0 Å². The van der Waals surface area contributed by atoms with Crippen LogP contribution in [-0.4, -0.2) is 23.3 Å². The van der Waals surface area contributed by atoms with Gasteiger partial charge in [0.25, 0.3) is 0 Å². The molecule has 0 saturated carbocycles. The fraction of sp³-hybridized carbons (Fsp3) is 0.167. The molecule has 3 aromatic rings. The van der Waals surface area contributed by atoms with Gasteiger partial charge in [-0.1, -0.05) is 35.9 Å². The molecule has 0 bridgehead atoms. The van der Waals surface area contributed by atoms with Crippen LogP contribution in [0.5, 0.6) is 11.5 Å². The second kappa shape index (κ2) is 10.5. The second-order valence-corrected chi connectivity index (χ2v) is 7.83. The van der Waals surface area contributed by atoms with Gasteiger partial charge in [0.05, 0.1) is 11.5 Å². The molecule has 6 heteroatoms. The van der Waals surface area contributed by atoms with Crippen LogP contribution in [0, 0.1) is 13.8 Å². The number of amides is 2. The third-order valence-electron chi connectivity index (χ3n) is 4.24. The van der Waals surface area contributed by atoms with E-state index in [1.807, 2.05) is 62.4 Å². The first-order valence-corrected chi connectivity index (χ1v) is 10.7. The number of rotatable bonds is 8. The van der Waals surface area contributed by atoms with Crippen LogP contribution < -0.4 is 15.4 Å². The van der Waals surface area contributed by atoms with Crippen LogP contribution in [0.3, 0.4) is 0 Å². The molecule has 0 aliphatic heterocycles. The average molecular weight is 421 g/mol. The van der Waals surface area contributed by atoms with Gasteiger partial charge in [0.15, 0.2) is 0 Å². The van der Waals surface area contributed by atoms with Gasteiger partial charge in [-0.3, -0.25) is 9.59 Å². The first kappa shape index (κ1) is 21.5. The lowest BCUT2D eigenvalue weighted by molar-refractivity contribution is -0.114. The summed E-state index contributed by atoms with van der Waals surface area (Å²) in [5.74, 6) is 1.58. The Morgan fingerprint density at radius 2 is 1.43 bits per heavy atom. The molecule has 0 heterocycles. The van der Waals surface area contributed by atoms with Crippen LogP contribution in [0.4, 0.5) is 11.4 Å². The van der Waals surface area contributed by atoms with E-state index >= 15 is 0 Å². The summed E-state index contributed by atoms with van der Waals surface area (Å²) in [4.78, 5) is 24.2. The monoisotopic (exact) mass is 420 g/mol. The number of hydrogen-bond acceptors (Lipinski definition) is 4. The Kier molecular flexibility index (Phi) is 7.51. The molecule has 3 rings (SSSR count). The maximum Gasteiger partial charge on any atom is 0.234 e. The standard InChI is InChI=1S/C24H24N2O3S/c1-17-8-13-22(18(2)14-17)26-24(28)16-30-15-23(27)25-19-9-11-21(12-10-19)29-20-6-4-3-5-7-20/h3-14H,15-16H2,1-2H3,(H,25,27)(H,26,28). The van der Waals surface area contributed by atoms with Crippen molar-refractivity contribution >= 4 is 35.0 Å². The predicted octanol–water partition coefficient (Wildman–Crippen LogP) is 5.41. The largest absolute Gasteiger partial charge is 0.457 e. The van der Waals surface area contributed by atoms with E-state index < -0.39 is 0 Å². The lowest BCUT2D eigenvalue weighted by atomic mass is 10.1. The van der Waals surface area contributed by atoms with E-state index in [9.17, 15) is 9.59 Å². The number of benzene rings is 3. The number of aryl methyl sites for hydroxylation is 2. The highest BCUT2D eigenvalue weighted by Gasteiger charge is 2.08. The van der Waals surface area contributed by atoms with Crippen molar-refractivity contribution in [3.05, 3.63) is 83.9 Å². The number of hydrogen-bond donors (Lipinski definition) is 2. The first-order valence-electron chi connectivity index (χ1n) is 9.57. The van der Waals surface area contributed by atoms with Crippen molar-refractivity contribution < 1.29 is 14.3 Å². The molecule has 3 aromatic carbocycles. The van der Waals surface area contributed by atoms with Gasteiger partial charge in [-0.2, -0.15) is 0 Å². The molecular formula is C24H24N2O3S. The zero-order chi connectivity index (χ0) is 21.3. The number of para-hydroxylation sites is 1. The van der Waals surface area contributed by atoms with Crippen LogP contribution in [0.1, 0.15) is 11.1 Å². The molecule has 2 N–H and O–H groups in total. The number of thioether (sulfide) groups is 1. The molecule has 0 radical (unpaired) electrons. The minimum atomic E-state index is -0.156. The van der Waals surface area contributed by atoms with E-state index in [-0.39, 0.29) is 23.3 Å². The lowest BCUT2D eigenvalue weighted by Gasteiger charge is -2.09. The normalized spacial score (nSPS) is 10.3. The summed E-state index contributed by atoms with van der Waals surface area (Å²) in [5, 5.41) is 5.71. The summed E-state index contributed by atoms with van der Waals surface area (Å²) in [6.07, 6.45) is 0. The molecule has 2 amide bonds. The van der Waals surface area contributed by atoms with Gasteiger partial charge in [0.2, 0.25) is 11.8 Å². The summed E-state index contributed by atoms with van der Waals surface area (Å²) >= 11 is 1.27. The molecule has 5 nitrogen and oxygen atoms in total. The van der Waals surface area contributed by atoms with Crippen LogP contribution in [0.15, 0.2) is 72.8 Å². The van der Waals surface area contributed by atoms with Crippen molar-refractivity contribution in [2.24, 2.45) is 0 Å². The Balaban J connectivity index is 1.40. The summed E-state index contributed by atoms with van der Waals surface area (Å²) in [6.45, 7) is 3.97. The molecule has 30 heavy (non-hydrogen) atoms. The number of ether oxygens (including phenoxy) is 1. The molecule has 0 aromatic heterocycles. The molecule has 0 saturated heterocycles. The molecule has 0 aliphatic rings. The maximum atomic E-state index is 12.1. The molecule has 0 aliphatic carbocycles. The minimum Gasteiger partial charge on any atom is -0.457 e. The minimum absolute atomic E-state index is 0.123. The average Bonchev–Trinajstić information content (AvgIpc) is 2.72. The van der Waals surface area contributed by atoms with E-state index in [1.54, 1.807) is 24.3 Å². The number of anilines is 2. The topological polar surface area (TPSA) is 67.4 Å². The van der Waals surface area contributed by atoms with Crippen LogP contribution in [0.2, 0.25) is 0 Å².